The Bertz CT molecular complexity index is 664. The molecule has 1 aliphatic rings. The maximum absolute atomic E-state index is 12.3. The molecule has 1 aromatic carbocycles. The lowest BCUT2D eigenvalue weighted by molar-refractivity contribution is -0.133. The molecule has 2 heterocycles. The normalized spacial score (nSPS) is 14.9. The Morgan fingerprint density at radius 1 is 1.22 bits per heavy atom. The second kappa shape index (κ2) is 7.00. The van der Waals surface area contributed by atoms with Crippen molar-refractivity contribution in [3.05, 3.63) is 40.9 Å². The molecule has 0 aliphatic carbocycles. The minimum Gasteiger partial charge on any atom is -0.484 e. The molecule has 122 valence electrons. The van der Waals surface area contributed by atoms with E-state index < -0.39 is 0 Å². The molecule has 1 aromatic heterocycles. The van der Waals surface area contributed by atoms with Crippen molar-refractivity contribution in [3.63, 3.8) is 0 Å². The number of amides is 1. The van der Waals surface area contributed by atoms with Gasteiger partial charge in [-0.15, -0.1) is 11.3 Å². The van der Waals surface area contributed by atoms with Crippen molar-refractivity contribution in [1.82, 2.24) is 9.88 Å². The fourth-order valence-electron chi connectivity index (χ4n) is 2.56. The van der Waals surface area contributed by atoms with Gasteiger partial charge in [0.1, 0.15) is 5.75 Å². The molecule has 3 rings (SSSR count). The number of nitrogens with zero attached hydrogens (tertiary/aromatic N) is 3. The van der Waals surface area contributed by atoms with Crippen molar-refractivity contribution in [1.29, 1.82) is 0 Å². The zero-order valence-electron chi connectivity index (χ0n) is 13.5. The SMILES string of the molecule is Cc1ccc(OCC(=O)N2CCN(c3nccs3)CC2)cc1C. The number of thiazole rings is 1. The third-order valence-electron chi connectivity index (χ3n) is 4.16. The lowest BCUT2D eigenvalue weighted by Gasteiger charge is -2.34. The molecule has 1 aliphatic heterocycles. The minimum absolute atomic E-state index is 0.0435. The van der Waals surface area contributed by atoms with Crippen LogP contribution >= 0.6 is 11.3 Å². The molecule has 0 atom stereocenters. The number of ether oxygens (including phenoxy) is 1. The summed E-state index contributed by atoms with van der Waals surface area (Å²) in [7, 11) is 0. The first-order chi connectivity index (χ1) is 11.1. The van der Waals surface area contributed by atoms with Gasteiger partial charge in [-0.1, -0.05) is 6.07 Å². The van der Waals surface area contributed by atoms with E-state index in [-0.39, 0.29) is 12.5 Å². The predicted octanol–water partition coefficient (Wildman–Crippen LogP) is 2.49. The number of rotatable bonds is 4. The lowest BCUT2D eigenvalue weighted by atomic mass is 10.1. The van der Waals surface area contributed by atoms with Gasteiger partial charge < -0.3 is 14.5 Å². The fourth-order valence-corrected chi connectivity index (χ4v) is 3.26. The summed E-state index contributed by atoms with van der Waals surface area (Å²) in [5.74, 6) is 0.796. The fraction of sp³-hybridized carbons (Fsp3) is 0.412. The molecule has 0 radical (unpaired) electrons. The van der Waals surface area contributed by atoms with E-state index in [0.29, 0.717) is 13.1 Å². The maximum Gasteiger partial charge on any atom is 0.260 e. The minimum atomic E-state index is 0.0435. The van der Waals surface area contributed by atoms with Gasteiger partial charge in [0.15, 0.2) is 11.7 Å². The average molecular weight is 331 g/mol. The van der Waals surface area contributed by atoms with Gasteiger partial charge in [-0.05, 0) is 37.1 Å². The highest BCUT2D eigenvalue weighted by molar-refractivity contribution is 7.13. The number of anilines is 1. The van der Waals surface area contributed by atoms with Crippen molar-refractivity contribution in [2.24, 2.45) is 0 Å². The number of piperazine rings is 1. The van der Waals surface area contributed by atoms with Crippen molar-refractivity contribution < 1.29 is 9.53 Å². The third-order valence-corrected chi connectivity index (χ3v) is 5.00. The van der Waals surface area contributed by atoms with Crippen molar-refractivity contribution in [3.8, 4) is 5.75 Å². The van der Waals surface area contributed by atoms with Gasteiger partial charge in [-0.3, -0.25) is 4.79 Å². The van der Waals surface area contributed by atoms with Crippen LogP contribution in [0.2, 0.25) is 0 Å². The van der Waals surface area contributed by atoms with E-state index in [9.17, 15) is 4.79 Å². The van der Waals surface area contributed by atoms with Gasteiger partial charge in [-0.25, -0.2) is 4.98 Å². The smallest absolute Gasteiger partial charge is 0.260 e. The second-order valence-electron chi connectivity index (χ2n) is 5.72. The zero-order valence-corrected chi connectivity index (χ0v) is 14.3. The Morgan fingerprint density at radius 3 is 2.65 bits per heavy atom. The molecule has 2 aromatic rings. The summed E-state index contributed by atoms with van der Waals surface area (Å²) < 4.78 is 5.64. The Balaban J connectivity index is 1.48. The molecule has 1 fully saturated rings. The van der Waals surface area contributed by atoms with Gasteiger partial charge in [0, 0.05) is 37.8 Å². The van der Waals surface area contributed by atoms with E-state index in [4.69, 9.17) is 4.74 Å². The van der Waals surface area contributed by atoms with Gasteiger partial charge in [0.05, 0.1) is 0 Å². The van der Waals surface area contributed by atoms with Crippen LogP contribution in [-0.2, 0) is 4.79 Å². The molecule has 0 bridgehead atoms. The number of hydrogen-bond acceptors (Lipinski definition) is 5. The molecule has 0 spiro atoms. The van der Waals surface area contributed by atoms with Crippen molar-refractivity contribution in [2.45, 2.75) is 13.8 Å². The van der Waals surface area contributed by atoms with E-state index in [1.54, 1.807) is 11.3 Å². The highest BCUT2D eigenvalue weighted by Crippen LogP contribution is 2.19. The first-order valence-corrected chi connectivity index (χ1v) is 8.64. The van der Waals surface area contributed by atoms with Crippen LogP contribution in [0.1, 0.15) is 11.1 Å². The number of aromatic nitrogens is 1. The largest absolute Gasteiger partial charge is 0.484 e. The molecule has 6 heteroatoms. The summed E-state index contributed by atoms with van der Waals surface area (Å²) in [5.41, 5.74) is 2.40. The van der Waals surface area contributed by atoms with Gasteiger partial charge in [0.25, 0.3) is 5.91 Å². The molecule has 5 nitrogen and oxygen atoms in total. The zero-order chi connectivity index (χ0) is 16.2. The number of aryl methyl sites for hydroxylation is 2. The molecular weight excluding hydrogens is 310 g/mol. The summed E-state index contributed by atoms with van der Waals surface area (Å²) in [5, 5.41) is 3.01. The van der Waals surface area contributed by atoms with Crippen LogP contribution in [0.15, 0.2) is 29.8 Å². The van der Waals surface area contributed by atoms with E-state index in [2.05, 4.69) is 16.8 Å². The van der Waals surface area contributed by atoms with Crippen molar-refractivity contribution >= 4 is 22.4 Å². The Kier molecular flexibility index (Phi) is 4.81. The predicted molar refractivity (Wildman–Crippen MR) is 92.3 cm³/mol. The second-order valence-corrected chi connectivity index (χ2v) is 6.59. The summed E-state index contributed by atoms with van der Waals surface area (Å²) in [4.78, 5) is 20.7. The van der Waals surface area contributed by atoms with Crippen LogP contribution in [0.4, 0.5) is 5.13 Å². The van der Waals surface area contributed by atoms with E-state index >= 15 is 0 Å². The molecule has 23 heavy (non-hydrogen) atoms. The average Bonchev–Trinajstić information content (AvgIpc) is 3.10. The van der Waals surface area contributed by atoms with Gasteiger partial charge in [0.2, 0.25) is 0 Å². The quantitative estimate of drug-likeness (QED) is 0.863. The summed E-state index contributed by atoms with van der Waals surface area (Å²) >= 11 is 1.64. The first kappa shape index (κ1) is 15.8. The van der Waals surface area contributed by atoms with Crippen LogP contribution in [0.3, 0.4) is 0 Å². The molecule has 1 amide bonds. The molecular formula is C17H21N3O2S. The topological polar surface area (TPSA) is 45.7 Å². The highest BCUT2D eigenvalue weighted by atomic mass is 32.1. The van der Waals surface area contributed by atoms with E-state index in [1.807, 2.05) is 41.6 Å². The molecule has 1 saturated heterocycles. The maximum atomic E-state index is 12.3. The number of carbonyl (C=O) groups is 1. The van der Waals surface area contributed by atoms with Crippen LogP contribution in [-0.4, -0.2) is 48.6 Å². The third kappa shape index (κ3) is 3.82. The summed E-state index contributed by atoms with van der Waals surface area (Å²) in [6, 6.07) is 5.90. The molecule has 0 unspecified atom stereocenters. The number of hydrogen-bond donors (Lipinski definition) is 0. The lowest BCUT2D eigenvalue weighted by Crippen LogP contribution is -2.50. The highest BCUT2D eigenvalue weighted by Gasteiger charge is 2.22. The van der Waals surface area contributed by atoms with Crippen LogP contribution in [0.5, 0.6) is 5.75 Å². The van der Waals surface area contributed by atoms with Crippen molar-refractivity contribution in [2.75, 3.05) is 37.7 Å². The number of carbonyl (C=O) groups excluding carboxylic acids is 1. The van der Waals surface area contributed by atoms with Gasteiger partial charge >= 0.3 is 0 Å². The first-order valence-electron chi connectivity index (χ1n) is 7.76. The van der Waals surface area contributed by atoms with E-state index in [1.165, 1.54) is 11.1 Å². The molecule has 0 N–H and O–H groups in total. The Labute approximate surface area is 140 Å². The standard InChI is InChI=1S/C17H21N3O2S/c1-13-3-4-15(11-14(13)2)22-12-16(21)19-6-8-20(9-7-19)17-18-5-10-23-17/h3-5,10-11H,6-9,12H2,1-2H3. The number of benzene rings is 1. The monoisotopic (exact) mass is 331 g/mol. The van der Waals surface area contributed by atoms with Crippen LogP contribution in [0.25, 0.3) is 0 Å². The Hall–Kier alpha value is -2.08. The summed E-state index contributed by atoms with van der Waals surface area (Å²) in [6.45, 7) is 7.28. The van der Waals surface area contributed by atoms with E-state index in [0.717, 1.165) is 24.0 Å². The van der Waals surface area contributed by atoms with Crippen LogP contribution < -0.4 is 9.64 Å². The van der Waals surface area contributed by atoms with Crippen LogP contribution in [0, 0.1) is 13.8 Å². The molecule has 0 saturated carbocycles. The van der Waals surface area contributed by atoms with Gasteiger partial charge in [-0.2, -0.15) is 0 Å². The Morgan fingerprint density at radius 2 is 2.00 bits per heavy atom. The summed E-state index contributed by atoms with van der Waals surface area (Å²) in [6.07, 6.45) is 1.81.